The van der Waals surface area contributed by atoms with Gasteiger partial charge in [0, 0.05) is 12.5 Å². The molecule has 0 spiro atoms. The van der Waals surface area contributed by atoms with Crippen molar-refractivity contribution in [1.82, 2.24) is 5.32 Å². The monoisotopic (exact) mass is 345 g/mol. The van der Waals surface area contributed by atoms with E-state index in [0.29, 0.717) is 18.9 Å². The molecule has 0 saturated carbocycles. The number of carbonyl (C=O) groups is 1. The third-order valence-corrected chi connectivity index (χ3v) is 4.38. The predicted octanol–water partition coefficient (Wildman–Crippen LogP) is 4.57. The molecule has 0 bridgehead atoms. The number of hydrogen-bond donors (Lipinski definition) is 2. The summed E-state index contributed by atoms with van der Waals surface area (Å²) in [5, 5.41) is 3.12. The van der Waals surface area contributed by atoms with Gasteiger partial charge in [-0.2, -0.15) is 0 Å². The lowest BCUT2D eigenvalue weighted by Crippen LogP contribution is -2.30. The standard InChI is InChI=1S/C21H35N3O/c1-4-6-7-8-13-20(10-5-2)21(25)24-16-19-12-9-11-18(14-19)15-23-17(3)22/h9,11-12,14,20H,4-8,10,13,15-16H2,1-3H3,(H2,22,23)(H,24,25)/t20-/m1/s1. The molecule has 0 aliphatic heterocycles. The lowest BCUT2D eigenvalue weighted by Gasteiger charge is -2.16. The minimum atomic E-state index is 0.148. The second kappa shape index (κ2) is 12.5. The molecule has 140 valence electrons. The van der Waals surface area contributed by atoms with Crippen LogP contribution in [0.25, 0.3) is 0 Å². The predicted molar refractivity (Wildman–Crippen MR) is 106 cm³/mol. The van der Waals surface area contributed by atoms with Crippen LogP contribution in [0.4, 0.5) is 0 Å². The smallest absolute Gasteiger partial charge is 0.223 e. The van der Waals surface area contributed by atoms with Crippen molar-refractivity contribution in [3.63, 3.8) is 0 Å². The molecule has 0 unspecified atom stereocenters. The van der Waals surface area contributed by atoms with E-state index in [9.17, 15) is 4.79 Å². The Bertz CT molecular complexity index is 536. The average molecular weight is 346 g/mol. The second-order valence-corrected chi connectivity index (χ2v) is 6.83. The number of aliphatic imine (C=N–C) groups is 1. The summed E-state index contributed by atoms with van der Waals surface area (Å²) in [6.07, 6.45) is 7.90. The van der Waals surface area contributed by atoms with Crippen LogP contribution in [-0.4, -0.2) is 11.7 Å². The maximum Gasteiger partial charge on any atom is 0.223 e. The van der Waals surface area contributed by atoms with Crippen LogP contribution in [0, 0.1) is 5.92 Å². The van der Waals surface area contributed by atoms with Crippen LogP contribution in [0.15, 0.2) is 29.3 Å². The maximum atomic E-state index is 12.5. The number of nitrogens with zero attached hydrogens (tertiary/aromatic N) is 1. The third-order valence-electron chi connectivity index (χ3n) is 4.38. The van der Waals surface area contributed by atoms with E-state index in [1.165, 1.54) is 19.3 Å². The first-order valence-corrected chi connectivity index (χ1v) is 9.68. The highest BCUT2D eigenvalue weighted by atomic mass is 16.1. The number of amidine groups is 1. The SMILES string of the molecule is CCCCCC[C@@H](CCC)C(=O)NCc1cccc(CN=C(C)N)c1. The van der Waals surface area contributed by atoms with Crippen LogP contribution in [-0.2, 0) is 17.9 Å². The minimum absolute atomic E-state index is 0.148. The summed E-state index contributed by atoms with van der Waals surface area (Å²) >= 11 is 0. The molecular weight excluding hydrogens is 310 g/mol. The van der Waals surface area contributed by atoms with Crippen LogP contribution >= 0.6 is 0 Å². The van der Waals surface area contributed by atoms with Gasteiger partial charge < -0.3 is 11.1 Å². The summed E-state index contributed by atoms with van der Waals surface area (Å²) in [6.45, 7) is 7.31. The van der Waals surface area contributed by atoms with E-state index in [4.69, 9.17) is 5.73 Å². The van der Waals surface area contributed by atoms with Gasteiger partial charge in [-0.25, -0.2) is 0 Å². The van der Waals surface area contributed by atoms with Gasteiger partial charge in [0.15, 0.2) is 0 Å². The number of unbranched alkanes of at least 4 members (excludes halogenated alkanes) is 3. The normalized spacial score (nSPS) is 12.8. The molecule has 0 aromatic heterocycles. The quantitative estimate of drug-likeness (QED) is 0.331. The van der Waals surface area contributed by atoms with Crippen molar-refractivity contribution < 1.29 is 4.79 Å². The first-order chi connectivity index (χ1) is 12.1. The molecule has 0 aliphatic rings. The Morgan fingerprint density at radius 2 is 1.88 bits per heavy atom. The van der Waals surface area contributed by atoms with Crippen molar-refractivity contribution in [2.75, 3.05) is 0 Å². The fourth-order valence-corrected chi connectivity index (χ4v) is 2.96. The summed E-state index contributed by atoms with van der Waals surface area (Å²) in [7, 11) is 0. The summed E-state index contributed by atoms with van der Waals surface area (Å²) in [4.78, 5) is 16.8. The first-order valence-electron chi connectivity index (χ1n) is 9.68. The van der Waals surface area contributed by atoms with Crippen LogP contribution in [0.2, 0.25) is 0 Å². The molecule has 4 heteroatoms. The number of amides is 1. The van der Waals surface area contributed by atoms with E-state index < -0.39 is 0 Å². The Morgan fingerprint density at radius 3 is 2.56 bits per heavy atom. The third kappa shape index (κ3) is 9.28. The Balaban J connectivity index is 2.51. The van der Waals surface area contributed by atoms with E-state index in [2.05, 4.69) is 30.2 Å². The lowest BCUT2D eigenvalue weighted by molar-refractivity contribution is -0.125. The maximum absolute atomic E-state index is 12.5. The molecule has 25 heavy (non-hydrogen) atoms. The molecule has 3 N–H and O–H groups in total. The highest BCUT2D eigenvalue weighted by molar-refractivity contribution is 5.78. The fraction of sp³-hybridized carbons (Fsp3) is 0.619. The Labute approximate surface area is 153 Å². The molecule has 1 aromatic rings. The number of benzene rings is 1. The summed E-state index contributed by atoms with van der Waals surface area (Å²) < 4.78 is 0. The molecule has 0 saturated heterocycles. The van der Waals surface area contributed by atoms with Gasteiger partial charge in [0.05, 0.1) is 12.4 Å². The number of carbonyl (C=O) groups excluding carboxylic acids is 1. The highest BCUT2D eigenvalue weighted by Crippen LogP contribution is 2.17. The number of nitrogens with two attached hydrogens (primary N) is 1. The lowest BCUT2D eigenvalue weighted by atomic mass is 9.95. The molecule has 4 nitrogen and oxygen atoms in total. The van der Waals surface area contributed by atoms with E-state index in [0.717, 1.165) is 36.8 Å². The van der Waals surface area contributed by atoms with E-state index in [1.54, 1.807) is 6.92 Å². The highest BCUT2D eigenvalue weighted by Gasteiger charge is 2.16. The van der Waals surface area contributed by atoms with Gasteiger partial charge in [-0.3, -0.25) is 9.79 Å². The molecule has 0 heterocycles. The zero-order chi connectivity index (χ0) is 18.5. The van der Waals surface area contributed by atoms with E-state index >= 15 is 0 Å². The van der Waals surface area contributed by atoms with Crippen molar-refractivity contribution in [3.05, 3.63) is 35.4 Å². The Hall–Kier alpha value is -1.84. The largest absolute Gasteiger partial charge is 0.388 e. The average Bonchev–Trinajstić information content (AvgIpc) is 2.61. The number of hydrogen-bond acceptors (Lipinski definition) is 2. The second-order valence-electron chi connectivity index (χ2n) is 6.83. The van der Waals surface area contributed by atoms with Crippen LogP contribution in [0.1, 0.15) is 76.8 Å². The van der Waals surface area contributed by atoms with Gasteiger partial charge in [-0.05, 0) is 30.9 Å². The molecule has 1 atom stereocenters. The molecule has 0 fully saturated rings. The molecular formula is C21H35N3O. The van der Waals surface area contributed by atoms with Crippen molar-refractivity contribution in [2.45, 2.75) is 78.8 Å². The fourth-order valence-electron chi connectivity index (χ4n) is 2.96. The van der Waals surface area contributed by atoms with Gasteiger partial charge in [-0.15, -0.1) is 0 Å². The van der Waals surface area contributed by atoms with Crippen LogP contribution < -0.4 is 11.1 Å². The number of nitrogens with one attached hydrogen (secondary N) is 1. The van der Waals surface area contributed by atoms with Crippen molar-refractivity contribution >= 4 is 11.7 Å². The summed E-state index contributed by atoms with van der Waals surface area (Å²) in [6, 6.07) is 8.17. The van der Waals surface area contributed by atoms with E-state index in [-0.39, 0.29) is 11.8 Å². The van der Waals surface area contributed by atoms with Crippen molar-refractivity contribution in [1.29, 1.82) is 0 Å². The molecule has 1 rings (SSSR count). The van der Waals surface area contributed by atoms with Crippen LogP contribution in [0.3, 0.4) is 0 Å². The van der Waals surface area contributed by atoms with Gasteiger partial charge >= 0.3 is 0 Å². The molecule has 1 amide bonds. The van der Waals surface area contributed by atoms with Gasteiger partial charge in [0.1, 0.15) is 0 Å². The van der Waals surface area contributed by atoms with Crippen molar-refractivity contribution in [3.8, 4) is 0 Å². The zero-order valence-corrected chi connectivity index (χ0v) is 16.2. The summed E-state index contributed by atoms with van der Waals surface area (Å²) in [5.74, 6) is 0.929. The topological polar surface area (TPSA) is 67.5 Å². The Morgan fingerprint density at radius 1 is 1.12 bits per heavy atom. The van der Waals surface area contributed by atoms with Crippen molar-refractivity contribution in [2.24, 2.45) is 16.6 Å². The van der Waals surface area contributed by atoms with Gasteiger partial charge in [0.2, 0.25) is 5.91 Å². The summed E-state index contributed by atoms with van der Waals surface area (Å²) in [5.41, 5.74) is 7.81. The Kier molecular flexibility index (Phi) is 10.6. The molecule has 0 aliphatic carbocycles. The van der Waals surface area contributed by atoms with Gasteiger partial charge in [0.25, 0.3) is 0 Å². The first kappa shape index (κ1) is 21.2. The van der Waals surface area contributed by atoms with Gasteiger partial charge in [-0.1, -0.05) is 70.2 Å². The minimum Gasteiger partial charge on any atom is -0.388 e. The molecule has 1 aromatic carbocycles. The van der Waals surface area contributed by atoms with E-state index in [1.807, 2.05) is 18.2 Å². The molecule has 0 radical (unpaired) electrons. The van der Waals surface area contributed by atoms with Crippen LogP contribution in [0.5, 0.6) is 0 Å². The number of rotatable bonds is 12. The zero-order valence-electron chi connectivity index (χ0n) is 16.2.